The number of aliphatic carboxylic acids is 1. The molecule has 0 saturated carbocycles. The molecule has 5 heteroatoms. The molecule has 0 aromatic carbocycles. The Bertz CT molecular complexity index is 245. The summed E-state index contributed by atoms with van der Waals surface area (Å²) in [6, 6.07) is -0.447. The Morgan fingerprint density at radius 1 is 1.47 bits per heavy atom. The molecule has 1 saturated heterocycles. The Hall–Kier alpha value is -0.650. The van der Waals surface area contributed by atoms with E-state index in [1.165, 1.54) is 0 Å². The molecule has 100 valence electrons. The molecule has 17 heavy (non-hydrogen) atoms. The van der Waals surface area contributed by atoms with E-state index in [1.54, 1.807) is 0 Å². The number of piperidine rings is 1. The first-order chi connectivity index (χ1) is 8.00. The number of carbonyl (C=O) groups is 1. The molecule has 0 amide bonds. The zero-order valence-electron chi connectivity index (χ0n) is 10.6. The second kappa shape index (κ2) is 6.93. The van der Waals surface area contributed by atoms with E-state index < -0.39 is 18.1 Å². The Balaban J connectivity index is 2.39. The number of ether oxygens (including phenoxy) is 1. The van der Waals surface area contributed by atoms with Gasteiger partial charge in [-0.15, -0.1) is 0 Å². The second-order valence-electron chi connectivity index (χ2n) is 4.88. The van der Waals surface area contributed by atoms with Gasteiger partial charge in [-0.05, 0) is 33.2 Å². The maximum atomic E-state index is 11.1. The van der Waals surface area contributed by atoms with Gasteiger partial charge in [0, 0.05) is 6.54 Å². The summed E-state index contributed by atoms with van der Waals surface area (Å²) in [5, 5.41) is 18.9. The Morgan fingerprint density at radius 2 is 2.18 bits per heavy atom. The molecule has 1 heterocycles. The van der Waals surface area contributed by atoms with Gasteiger partial charge >= 0.3 is 5.97 Å². The van der Waals surface area contributed by atoms with Gasteiger partial charge in [-0.3, -0.25) is 9.69 Å². The van der Waals surface area contributed by atoms with E-state index >= 15 is 0 Å². The lowest BCUT2D eigenvalue weighted by Gasteiger charge is -2.34. The van der Waals surface area contributed by atoms with E-state index in [1.807, 2.05) is 18.7 Å². The third-order valence-electron chi connectivity index (χ3n) is 2.97. The summed E-state index contributed by atoms with van der Waals surface area (Å²) in [6.45, 7) is 5.21. The molecule has 0 aliphatic carbocycles. The van der Waals surface area contributed by atoms with Crippen molar-refractivity contribution in [2.75, 3.05) is 19.7 Å². The highest BCUT2D eigenvalue weighted by Crippen LogP contribution is 2.17. The number of hydrogen-bond donors (Lipinski definition) is 2. The summed E-state index contributed by atoms with van der Waals surface area (Å²) >= 11 is 0. The van der Waals surface area contributed by atoms with Crippen LogP contribution in [0.5, 0.6) is 0 Å². The molecule has 1 rings (SSSR count). The van der Waals surface area contributed by atoms with Gasteiger partial charge in [-0.25, -0.2) is 0 Å². The molecule has 1 fully saturated rings. The van der Waals surface area contributed by atoms with Crippen LogP contribution in [-0.2, 0) is 9.53 Å². The highest BCUT2D eigenvalue weighted by Gasteiger charge is 2.29. The van der Waals surface area contributed by atoms with Crippen LogP contribution < -0.4 is 0 Å². The van der Waals surface area contributed by atoms with E-state index in [0.717, 1.165) is 19.4 Å². The van der Waals surface area contributed by atoms with Crippen molar-refractivity contribution < 1.29 is 19.7 Å². The van der Waals surface area contributed by atoms with E-state index in [-0.39, 0.29) is 12.7 Å². The fourth-order valence-electron chi connectivity index (χ4n) is 2.12. The van der Waals surface area contributed by atoms with E-state index in [4.69, 9.17) is 9.84 Å². The first-order valence-corrected chi connectivity index (χ1v) is 6.27. The topological polar surface area (TPSA) is 70.0 Å². The molecular weight excluding hydrogens is 222 g/mol. The summed E-state index contributed by atoms with van der Waals surface area (Å²) in [6.07, 6.45) is 2.10. The number of carboxylic acid groups (broad SMARTS) is 1. The van der Waals surface area contributed by atoms with Crippen molar-refractivity contribution in [2.24, 2.45) is 0 Å². The zero-order chi connectivity index (χ0) is 12.8. The van der Waals surface area contributed by atoms with Gasteiger partial charge < -0.3 is 14.9 Å². The van der Waals surface area contributed by atoms with Crippen LogP contribution in [0, 0.1) is 0 Å². The van der Waals surface area contributed by atoms with Crippen LogP contribution in [0.2, 0.25) is 0 Å². The maximum absolute atomic E-state index is 11.1. The van der Waals surface area contributed by atoms with Crippen molar-refractivity contribution in [3.05, 3.63) is 0 Å². The van der Waals surface area contributed by atoms with Crippen LogP contribution >= 0.6 is 0 Å². The number of β-amino-alcohol motifs (C(OH)–C–C–N with tert-alkyl or cyclic N) is 1. The van der Waals surface area contributed by atoms with Gasteiger partial charge in [0.15, 0.2) is 0 Å². The van der Waals surface area contributed by atoms with Crippen LogP contribution in [0.25, 0.3) is 0 Å². The minimum atomic E-state index is -0.790. The third-order valence-corrected chi connectivity index (χ3v) is 2.97. The van der Waals surface area contributed by atoms with Crippen molar-refractivity contribution in [3.63, 3.8) is 0 Å². The summed E-state index contributed by atoms with van der Waals surface area (Å²) in [4.78, 5) is 12.9. The van der Waals surface area contributed by atoms with Crippen molar-refractivity contribution in [2.45, 2.75) is 51.4 Å². The predicted molar refractivity (Wildman–Crippen MR) is 63.9 cm³/mol. The Labute approximate surface area is 102 Å². The van der Waals surface area contributed by atoms with Gasteiger partial charge in [0.2, 0.25) is 0 Å². The van der Waals surface area contributed by atoms with Crippen molar-refractivity contribution in [1.82, 2.24) is 4.90 Å². The SMILES string of the molecule is CC(C)OCC(O)CN1CCCCC1C(=O)O. The normalized spacial score (nSPS) is 23.9. The summed E-state index contributed by atoms with van der Waals surface area (Å²) in [5.74, 6) is -0.790. The lowest BCUT2D eigenvalue weighted by molar-refractivity contribution is -0.145. The number of aliphatic hydroxyl groups is 1. The molecule has 0 aromatic rings. The highest BCUT2D eigenvalue weighted by atomic mass is 16.5. The second-order valence-corrected chi connectivity index (χ2v) is 4.88. The molecular formula is C12H23NO4. The van der Waals surface area contributed by atoms with Crippen molar-refractivity contribution >= 4 is 5.97 Å². The third kappa shape index (κ3) is 5.02. The molecule has 0 aromatic heterocycles. The lowest BCUT2D eigenvalue weighted by atomic mass is 10.0. The first-order valence-electron chi connectivity index (χ1n) is 6.27. The fraction of sp³-hybridized carbons (Fsp3) is 0.917. The van der Waals surface area contributed by atoms with E-state index in [0.29, 0.717) is 13.0 Å². The monoisotopic (exact) mass is 245 g/mol. The highest BCUT2D eigenvalue weighted by molar-refractivity contribution is 5.73. The first kappa shape index (κ1) is 14.4. The smallest absolute Gasteiger partial charge is 0.320 e. The van der Waals surface area contributed by atoms with Crippen LogP contribution in [0.3, 0.4) is 0 Å². The van der Waals surface area contributed by atoms with Crippen LogP contribution in [0.1, 0.15) is 33.1 Å². The molecule has 5 nitrogen and oxygen atoms in total. The number of hydrogen-bond acceptors (Lipinski definition) is 4. The quantitative estimate of drug-likeness (QED) is 0.721. The summed E-state index contributed by atoms with van der Waals surface area (Å²) < 4.78 is 5.32. The standard InChI is InChI=1S/C12H23NO4/c1-9(2)17-8-10(14)7-13-6-4-3-5-11(13)12(15)16/h9-11,14H,3-8H2,1-2H3,(H,15,16). The van der Waals surface area contributed by atoms with Gasteiger partial charge in [-0.2, -0.15) is 0 Å². The van der Waals surface area contributed by atoms with Gasteiger partial charge in [0.05, 0.1) is 18.8 Å². The molecule has 0 radical (unpaired) electrons. The van der Waals surface area contributed by atoms with Crippen LogP contribution in [0.15, 0.2) is 0 Å². The predicted octanol–water partition coefficient (Wildman–Crippen LogP) is 0.711. The van der Waals surface area contributed by atoms with Crippen molar-refractivity contribution in [3.8, 4) is 0 Å². The molecule has 1 aliphatic rings. The molecule has 1 aliphatic heterocycles. The molecule has 0 spiro atoms. The largest absolute Gasteiger partial charge is 0.480 e. The Morgan fingerprint density at radius 3 is 2.76 bits per heavy atom. The number of likely N-dealkylation sites (tertiary alicyclic amines) is 1. The van der Waals surface area contributed by atoms with E-state index in [9.17, 15) is 9.90 Å². The van der Waals surface area contributed by atoms with Crippen molar-refractivity contribution in [1.29, 1.82) is 0 Å². The minimum Gasteiger partial charge on any atom is -0.480 e. The number of rotatable bonds is 6. The van der Waals surface area contributed by atoms with Crippen LogP contribution in [0.4, 0.5) is 0 Å². The maximum Gasteiger partial charge on any atom is 0.320 e. The molecule has 2 atom stereocenters. The molecule has 2 N–H and O–H groups in total. The van der Waals surface area contributed by atoms with Gasteiger partial charge in [0.25, 0.3) is 0 Å². The summed E-state index contributed by atoms with van der Waals surface area (Å²) in [7, 11) is 0. The van der Waals surface area contributed by atoms with Gasteiger partial charge in [0.1, 0.15) is 6.04 Å². The average Bonchev–Trinajstić information content (AvgIpc) is 2.27. The number of aliphatic hydroxyl groups excluding tert-OH is 1. The minimum absolute atomic E-state index is 0.0845. The summed E-state index contributed by atoms with van der Waals surface area (Å²) in [5.41, 5.74) is 0. The van der Waals surface area contributed by atoms with Gasteiger partial charge in [-0.1, -0.05) is 6.42 Å². The number of carboxylic acids is 1. The zero-order valence-corrected chi connectivity index (χ0v) is 10.6. The molecule has 0 bridgehead atoms. The molecule has 2 unspecified atom stereocenters. The average molecular weight is 245 g/mol. The van der Waals surface area contributed by atoms with Crippen LogP contribution in [-0.4, -0.2) is 59.0 Å². The Kier molecular flexibility index (Phi) is 5.88. The number of nitrogens with zero attached hydrogens (tertiary/aromatic N) is 1. The van der Waals surface area contributed by atoms with E-state index in [2.05, 4.69) is 0 Å². The fourth-order valence-corrected chi connectivity index (χ4v) is 2.12. The lowest BCUT2D eigenvalue weighted by Crippen LogP contribution is -2.48.